The third-order valence-electron chi connectivity index (χ3n) is 3.20. The molecule has 0 bridgehead atoms. The molecule has 0 spiro atoms. The van der Waals surface area contributed by atoms with E-state index in [1.165, 1.54) is 0 Å². The van der Waals surface area contributed by atoms with Gasteiger partial charge in [-0.2, -0.15) is 5.26 Å². The van der Waals surface area contributed by atoms with Crippen molar-refractivity contribution in [1.82, 2.24) is 0 Å². The van der Waals surface area contributed by atoms with Gasteiger partial charge in [-0.05, 0) is 24.1 Å². The van der Waals surface area contributed by atoms with Crippen molar-refractivity contribution in [1.29, 1.82) is 5.26 Å². The molecule has 0 fully saturated rings. The van der Waals surface area contributed by atoms with Crippen LogP contribution in [-0.2, 0) is 0 Å². The Hall–Kier alpha value is -2.40. The van der Waals surface area contributed by atoms with Crippen LogP contribution in [0.1, 0.15) is 40.7 Å². The molecule has 0 saturated carbocycles. The van der Waals surface area contributed by atoms with Gasteiger partial charge in [0.25, 0.3) is 0 Å². The molecule has 1 unspecified atom stereocenters. The maximum absolute atomic E-state index is 12.5. The largest absolute Gasteiger partial charge is 0.293 e. The number of hydrogen-bond acceptors (Lipinski definition) is 2. The zero-order chi connectivity index (χ0) is 13.7. The van der Waals surface area contributed by atoms with Crippen LogP contribution in [0.2, 0.25) is 0 Å². The van der Waals surface area contributed by atoms with Crippen molar-refractivity contribution in [2.24, 2.45) is 0 Å². The van der Waals surface area contributed by atoms with E-state index in [1.54, 1.807) is 24.3 Å². The summed E-state index contributed by atoms with van der Waals surface area (Å²) in [7, 11) is 0. The molecule has 0 aromatic heterocycles. The van der Waals surface area contributed by atoms with E-state index in [0.29, 0.717) is 11.1 Å². The number of rotatable bonds is 4. The lowest BCUT2D eigenvalue weighted by Crippen LogP contribution is -2.12. The van der Waals surface area contributed by atoms with Gasteiger partial charge in [0.05, 0.1) is 11.6 Å². The normalized spacial score (nSPS) is 11.6. The van der Waals surface area contributed by atoms with E-state index in [-0.39, 0.29) is 11.7 Å². The predicted octanol–water partition coefficient (Wildman–Crippen LogP) is 3.93. The third-order valence-corrected chi connectivity index (χ3v) is 3.20. The smallest absolute Gasteiger partial charge is 0.170 e. The van der Waals surface area contributed by atoms with Gasteiger partial charge < -0.3 is 0 Å². The summed E-state index contributed by atoms with van der Waals surface area (Å²) >= 11 is 0. The fourth-order valence-electron chi connectivity index (χ4n) is 2.20. The second kappa shape index (κ2) is 5.97. The Bertz CT molecular complexity index is 611. The predicted molar refractivity (Wildman–Crippen MR) is 75.0 cm³/mol. The van der Waals surface area contributed by atoms with E-state index in [1.807, 2.05) is 37.3 Å². The van der Waals surface area contributed by atoms with Gasteiger partial charge in [-0.3, -0.25) is 4.79 Å². The molecule has 2 nitrogen and oxygen atoms in total. The maximum atomic E-state index is 12.5. The summed E-state index contributed by atoms with van der Waals surface area (Å²) in [6.07, 6.45) is 0.750. The van der Waals surface area contributed by atoms with Crippen molar-refractivity contribution >= 4 is 5.78 Å². The van der Waals surface area contributed by atoms with Crippen molar-refractivity contribution in [3.8, 4) is 6.07 Å². The molecule has 0 aliphatic rings. The lowest BCUT2D eigenvalue weighted by Gasteiger charge is -2.14. The molecule has 0 heterocycles. The molecule has 2 aromatic carbocycles. The number of ketones is 1. The van der Waals surface area contributed by atoms with Gasteiger partial charge in [-0.1, -0.05) is 49.4 Å². The summed E-state index contributed by atoms with van der Waals surface area (Å²) < 4.78 is 0. The molecular weight excluding hydrogens is 234 g/mol. The van der Waals surface area contributed by atoms with Crippen LogP contribution in [0, 0.1) is 11.3 Å². The van der Waals surface area contributed by atoms with Crippen LogP contribution in [0.25, 0.3) is 0 Å². The Kier molecular flexibility index (Phi) is 4.10. The van der Waals surface area contributed by atoms with E-state index < -0.39 is 0 Å². The third kappa shape index (κ3) is 2.89. The number of Topliss-reactive ketones (excluding diaryl/α,β-unsaturated/α-hetero) is 1. The van der Waals surface area contributed by atoms with Crippen molar-refractivity contribution in [3.05, 3.63) is 71.3 Å². The monoisotopic (exact) mass is 249 g/mol. The lowest BCUT2D eigenvalue weighted by atomic mass is 9.88. The number of carbonyl (C=O) groups is 1. The summed E-state index contributed by atoms with van der Waals surface area (Å²) in [4.78, 5) is 12.5. The minimum Gasteiger partial charge on any atom is -0.293 e. The highest BCUT2D eigenvalue weighted by molar-refractivity contribution is 6.01. The van der Waals surface area contributed by atoms with Gasteiger partial charge in [0.2, 0.25) is 0 Å². The van der Waals surface area contributed by atoms with E-state index in [2.05, 4.69) is 6.07 Å². The van der Waals surface area contributed by atoms with Crippen LogP contribution in [0.15, 0.2) is 54.6 Å². The highest BCUT2D eigenvalue weighted by Gasteiger charge is 2.20. The standard InChI is InChI=1S/C17H15NO/c1-2-16(14-8-4-3-5-9-14)17(19)15-10-6-7-13(11-15)12-18/h3-11,16H,2H2,1H3. The molecule has 19 heavy (non-hydrogen) atoms. The van der Waals surface area contributed by atoms with Crippen LogP contribution in [0.3, 0.4) is 0 Å². The molecule has 1 atom stereocenters. The molecule has 2 aromatic rings. The summed E-state index contributed by atoms with van der Waals surface area (Å²) in [6, 6.07) is 18.7. The van der Waals surface area contributed by atoms with E-state index >= 15 is 0 Å². The Labute approximate surface area is 113 Å². The first-order valence-electron chi connectivity index (χ1n) is 6.35. The van der Waals surface area contributed by atoms with Crippen molar-refractivity contribution < 1.29 is 4.79 Å². The molecule has 0 N–H and O–H groups in total. The minimum atomic E-state index is -0.143. The highest BCUT2D eigenvalue weighted by atomic mass is 16.1. The molecule has 0 radical (unpaired) electrons. The van der Waals surface area contributed by atoms with Gasteiger partial charge >= 0.3 is 0 Å². The Morgan fingerprint density at radius 2 is 1.89 bits per heavy atom. The minimum absolute atomic E-state index is 0.0748. The van der Waals surface area contributed by atoms with Gasteiger partial charge in [0.1, 0.15) is 0 Å². The van der Waals surface area contributed by atoms with Crippen LogP contribution < -0.4 is 0 Å². The molecule has 0 aliphatic heterocycles. The fraction of sp³-hybridized carbons (Fsp3) is 0.176. The number of hydrogen-bond donors (Lipinski definition) is 0. The Morgan fingerprint density at radius 3 is 2.53 bits per heavy atom. The number of nitriles is 1. The summed E-state index contributed by atoms with van der Waals surface area (Å²) in [5.41, 5.74) is 2.15. The van der Waals surface area contributed by atoms with Crippen LogP contribution >= 0.6 is 0 Å². The van der Waals surface area contributed by atoms with Crippen molar-refractivity contribution in [3.63, 3.8) is 0 Å². The van der Waals surface area contributed by atoms with Gasteiger partial charge in [0, 0.05) is 11.5 Å². The van der Waals surface area contributed by atoms with E-state index in [4.69, 9.17) is 5.26 Å². The fourth-order valence-corrected chi connectivity index (χ4v) is 2.20. The second-order valence-electron chi connectivity index (χ2n) is 4.43. The molecule has 0 saturated heterocycles. The lowest BCUT2D eigenvalue weighted by molar-refractivity contribution is 0.0957. The second-order valence-corrected chi connectivity index (χ2v) is 4.43. The quantitative estimate of drug-likeness (QED) is 0.770. The molecule has 0 amide bonds. The Balaban J connectivity index is 2.34. The number of carbonyl (C=O) groups excluding carboxylic acids is 1. The van der Waals surface area contributed by atoms with E-state index in [0.717, 1.165) is 12.0 Å². The molecular formula is C17H15NO. The Morgan fingerprint density at radius 1 is 1.16 bits per heavy atom. The van der Waals surface area contributed by atoms with E-state index in [9.17, 15) is 4.79 Å². The zero-order valence-electron chi connectivity index (χ0n) is 10.8. The summed E-state index contributed by atoms with van der Waals surface area (Å²) in [6.45, 7) is 2.00. The first kappa shape index (κ1) is 13.0. The first-order chi connectivity index (χ1) is 9.26. The van der Waals surface area contributed by atoms with Crippen LogP contribution in [0.5, 0.6) is 0 Å². The van der Waals surface area contributed by atoms with Gasteiger partial charge in [-0.15, -0.1) is 0 Å². The summed E-state index contributed by atoms with van der Waals surface area (Å²) in [5.74, 6) is -0.0686. The number of benzene rings is 2. The van der Waals surface area contributed by atoms with Crippen LogP contribution in [0.4, 0.5) is 0 Å². The molecule has 2 rings (SSSR count). The molecule has 2 heteroatoms. The average Bonchev–Trinajstić information content (AvgIpc) is 2.49. The van der Waals surface area contributed by atoms with Gasteiger partial charge in [-0.25, -0.2) is 0 Å². The topological polar surface area (TPSA) is 40.9 Å². The summed E-state index contributed by atoms with van der Waals surface area (Å²) in [5, 5.41) is 8.90. The molecule has 0 aliphatic carbocycles. The number of nitrogens with zero attached hydrogens (tertiary/aromatic N) is 1. The van der Waals surface area contributed by atoms with Gasteiger partial charge in [0.15, 0.2) is 5.78 Å². The first-order valence-corrected chi connectivity index (χ1v) is 6.35. The molecule has 94 valence electrons. The van der Waals surface area contributed by atoms with Crippen molar-refractivity contribution in [2.45, 2.75) is 19.3 Å². The maximum Gasteiger partial charge on any atom is 0.170 e. The highest BCUT2D eigenvalue weighted by Crippen LogP contribution is 2.24. The SMILES string of the molecule is CCC(C(=O)c1cccc(C#N)c1)c1ccccc1. The zero-order valence-corrected chi connectivity index (χ0v) is 10.8. The van der Waals surface area contributed by atoms with Crippen LogP contribution in [-0.4, -0.2) is 5.78 Å². The average molecular weight is 249 g/mol. The van der Waals surface area contributed by atoms with Crippen molar-refractivity contribution in [2.75, 3.05) is 0 Å².